The lowest BCUT2D eigenvalue weighted by Gasteiger charge is -2.06. The lowest BCUT2D eigenvalue weighted by atomic mass is 10.1. The Labute approximate surface area is 136 Å². The Balaban J connectivity index is 2.09. The van der Waals surface area contributed by atoms with Crippen LogP contribution in [0.2, 0.25) is 0 Å². The molecule has 0 saturated heterocycles. The second kappa shape index (κ2) is 6.13. The van der Waals surface area contributed by atoms with Crippen molar-refractivity contribution in [1.29, 1.82) is 0 Å². The molecule has 0 amide bonds. The first-order valence-corrected chi connectivity index (χ1v) is 7.73. The lowest BCUT2D eigenvalue weighted by molar-refractivity contribution is 0.451. The van der Waals surface area contributed by atoms with E-state index >= 15 is 0 Å². The fourth-order valence-corrected chi connectivity index (χ4v) is 2.92. The molecule has 0 aliphatic heterocycles. The minimum absolute atomic E-state index is 0.00277. The molecule has 0 radical (unpaired) electrons. The van der Waals surface area contributed by atoms with Gasteiger partial charge in [0, 0.05) is 24.1 Å². The highest BCUT2D eigenvalue weighted by Gasteiger charge is 2.12. The molecule has 3 rings (SSSR count). The molecule has 23 heavy (non-hydrogen) atoms. The summed E-state index contributed by atoms with van der Waals surface area (Å²) in [5.74, 6) is 1.41. The third-order valence-electron chi connectivity index (χ3n) is 3.20. The highest BCUT2D eigenvalue weighted by atomic mass is 32.1. The van der Waals surface area contributed by atoms with Crippen LogP contribution in [-0.2, 0) is 0 Å². The van der Waals surface area contributed by atoms with E-state index in [1.165, 1.54) is 23.5 Å². The smallest absolute Gasteiger partial charge is 0.205 e. The van der Waals surface area contributed by atoms with E-state index < -0.39 is 0 Å². The van der Waals surface area contributed by atoms with Crippen LogP contribution in [0.4, 0.5) is 0 Å². The third-order valence-corrected chi connectivity index (χ3v) is 4.10. The van der Waals surface area contributed by atoms with Crippen molar-refractivity contribution < 1.29 is 14.6 Å². The maximum absolute atomic E-state index is 10.1. The number of aryl methyl sites for hydroxylation is 1. The number of aromatic hydroxyl groups is 2. The highest BCUT2D eigenvalue weighted by Crippen LogP contribution is 2.32. The van der Waals surface area contributed by atoms with E-state index in [2.05, 4.69) is 10.1 Å². The molecule has 0 unspecified atom stereocenters. The Bertz CT molecular complexity index is 934. The average Bonchev–Trinajstić information content (AvgIpc) is 3.11. The van der Waals surface area contributed by atoms with Gasteiger partial charge >= 0.3 is 0 Å². The summed E-state index contributed by atoms with van der Waals surface area (Å²) in [6, 6.07) is 8.12. The number of benzene rings is 1. The van der Waals surface area contributed by atoms with Gasteiger partial charge in [0.05, 0.1) is 11.9 Å². The number of hydrogen-bond acceptors (Lipinski definition) is 6. The van der Waals surface area contributed by atoms with Crippen molar-refractivity contribution in [2.45, 2.75) is 6.92 Å². The fraction of sp³-hybridized carbons (Fsp3) is 0.125. The van der Waals surface area contributed by atoms with E-state index in [0.717, 1.165) is 5.76 Å². The normalized spacial score (nSPS) is 12.3. The number of hydrogen-bond donors (Lipinski definition) is 2. The molecule has 7 heteroatoms. The van der Waals surface area contributed by atoms with Gasteiger partial charge in [-0.3, -0.25) is 4.99 Å². The van der Waals surface area contributed by atoms with Crippen LogP contribution < -0.4 is 4.80 Å². The quantitative estimate of drug-likeness (QED) is 0.725. The molecule has 2 N–H and O–H groups in total. The molecule has 0 spiro atoms. The fourth-order valence-electron chi connectivity index (χ4n) is 2.12. The average molecular weight is 329 g/mol. The van der Waals surface area contributed by atoms with Gasteiger partial charge < -0.3 is 14.6 Å². The maximum atomic E-state index is 10.1. The van der Waals surface area contributed by atoms with Gasteiger partial charge in [0.2, 0.25) is 4.80 Å². The van der Waals surface area contributed by atoms with Crippen LogP contribution in [-0.4, -0.2) is 28.2 Å². The van der Waals surface area contributed by atoms with Crippen LogP contribution in [0.3, 0.4) is 0 Å². The van der Waals surface area contributed by atoms with Crippen molar-refractivity contribution in [2.75, 3.05) is 7.05 Å². The monoisotopic (exact) mass is 329 g/mol. The van der Waals surface area contributed by atoms with Crippen molar-refractivity contribution in [3.63, 3.8) is 0 Å². The molecule has 1 aromatic carbocycles. The van der Waals surface area contributed by atoms with Crippen LogP contribution in [0.25, 0.3) is 11.3 Å². The second-order valence-electron chi connectivity index (χ2n) is 4.83. The molecule has 118 valence electrons. The SMILES string of the molecule is CN=c1scc(-c2ccc(O)cc2O)n1/N=C\c1ccc(C)o1. The zero-order valence-corrected chi connectivity index (χ0v) is 13.4. The van der Waals surface area contributed by atoms with E-state index in [1.54, 1.807) is 24.0 Å². The summed E-state index contributed by atoms with van der Waals surface area (Å²) in [7, 11) is 1.68. The van der Waals surface area contributed by atoms with E-state index in [0.29, 0.717) is 21.8 Å². The number of phenols is 2. The first kappa shape index (κ1) is 15.1. The Morgan fingerprint density at radius 3 is 2.70 bits per heavy atom. The van der Waals surface area contributed by atoms with Crippen LogP contribution >= 0.6 is 11.3 Å². The Kier molecular flexibility index (Phi) is 4.03. The van der Waals surface area contributed by atoms with Crippen LogP contribution in [0.1, 0.15) is 11.5 Å². The predicted octanol–water partition coefficient (Wildman–Crippen LogP) is 2.94. The molecular formula is C16H15N3O3S. The van der Waals surface area contributed by atoms with Gasteiger partial charge in [0.25, 0.3) is 0 Å². The second-order valence-corrected chi connectivity index (χ2v) is 5.67. The molecule has 0 atom stereocenters. The van der Waals surface area contributed by atoms with Crippen molar-refractivity contribution in [1.82, 2.24) is 4.68 Å². The zero-order chi connectivity index (χ0) is 16.4. The van der Waals surface area contributed by atoms with Gasteiger partial charge in [-0.1, -0.05) is 0 Å². The molecule has 6 nitrogen and oxygen atoms in total. The summed E-state index contributed by atoms with van der Waals surface area (Å²) < 4.78 is 7.09. The number of nitrogens with zero attached hydrogens (tertiary/aromatic N) is 3. The molecular weight excluding hydrogens is 314 g/mol. The van der Waals surface area contributed by atoms with E-state index in [4.69, 9.17) is 4.42 Å². The molecule has 3 aromatic rings. The van der Waals surface area contributed by atoms with Crippen molar-refractivity contribution >= 4 is 17.6 Å². The highest BCUT2D eigenvalue weighted by molar-refractivity contribution is 7.07. The standard InChI is InChI=1S/C16H15N3O3S/c1-10-3-5-12(22-10)8-18-19-14(9-23-16(19)17-2)13-6-4-11(20)7-15(13)21/h3-9,20-21H,1-2H3/b17-16?,18-8-. The Hall–Kier alpha value is -2.80. The Morgan fingerprint density at radius 2 is 2.04 bits per heavy atom. The first-order chi connectivity index (χ1) is 11.1. The van der Waals surface area contributed by atoms with Gasteiger partial charge in [-0.05, 0) is 31.2 Å². The van der Waals surface area contributed by atoms with Gasteiger partial charge in [0.15, 0.2) is 0 Å². The summed E-state index contributed by atoms with van der Waals surface area (Å²) in [5, 5.41) is 25.8. The summed E-state index contributed by atoms with van der Waals surface area (Å²) in [6.45, 7) is 1.86. The number of furan rings is 1. The van der Waals surface area contributed by atoms with Crippen LogP contribution in [0.15, 0.2) is 50.2 Å². The van der Waals surface area contributed by atoms with Crippen LogP contribution in [0.5, 0.6) is 11.5 Å². The van der Waals surface area contributed by atoms with Crippen molar-refractivity contribution in [3.05, 3.63) is 52.0 Å². The predicted molar refractivity (Wildman–Crippen MR) is 89.0 cm³/mol. The molecule has 0 aliphatic rings. The third kappa shape index (κ3) is 3.04. The van der Waals surface area contributed by atoms with Gasteiger partial charge in [-0.2, -0.15) is 5.10 Å². The number of rotatable bonds is 3. The maximum Gasteiger partial charge on any atom is 0.205 e. The van der Waals surface area contributed by atoms with Crippen molar-refractivity contribution in [3.8, 4) is 22.8 Å². The van der Waals surface area contributed by atoms with Crippen molar-refractivity contribution in [2.24, 2.45) is 10.1 Å². The van der Waals surface area contributed by atoms with E-state index in [9.17, 15) is 10.2 Å². The molecule has 2 heterocycles. The molecule has 0 bridgehead atoms. The minimum atomic E-state index is -0.0248. The topological polar surface area (TPSA) is 83.3 Å². The largest absolute Gasteiger partial charge is 0.508 e. The lowest BCUT2D eigenvalue weighted by Crippen LogP contribution is -2.11. The first-order valence-electron chi connectivity index (χ1n) is 6.85. The minimum Gasteiger partial charge on any atom is -0.508 e. The molecule has 0 fully saturated rings. The van der Waals surface area contributed by atoms with Crippen LogP contribution in [0, 0.1) is 6.92 Å². The summed E-state index contributed by atoms with van der Waals surface area (Å²) >= 11 is 1.40. The van der Waals surface area contributed by atoms with Gasteiger partial charge in [0.1, 0.15) is 23.0 Å². The molecule has 2 aromatic heterocycles. The Morgan fingerprint density at radius 1 is 1.22 bits per heavy atom. The number of thiazole rings is 1. The van der Waals surface area contributed by atoms with Gasteiger partial charge in [-0.15, -0.1) is 11.3 Å². The summed E-state index contributed by atoms with van der Waals surface area (Å²) in [5.41, 5.74) is 1.23. The summed E-state index contributed by atoms with van der Waals surface area (Å²) in [4.78, 5) is 4.86. The number of phenolic OH excluding ortho intramolecular Hbond substituents is 2. The molecule has 0 aliphatic carbocycles. The number of aromatic nitrogens is 1. The van der Waals surface area contributed by atoms with E-state index in [-0.39, 0.29) is 11.5 Å². The zero-order valence-electron chi connectivity index (χ0n) is 12.6. The summed E-state index contributed by atoms with van der Waals surface area (Å²) in [6.07, 6.45) is 1.59. The molecule has 0 saturated carbocycles. The van der Waals surface area contributed by atoms with E-state index in [1.807, 2.05) is 24.4 Å². The van der Waals surface area contributed by atoms with Gasteiger partial charge in [-0.25, -0.2) is 4.68 Å².